The molecule has 0 saturated carbocycles. The molecule has 0 fully saturated rings. The molecule has 1 amide bonds. The number of rotatable bonds is 8. The summed E-state index contributed by atoms with van der Waals surface area (Å²) < 4.78 is 60.8. The van der Waals surface area contributed by atoms with Crippen LogP contribution in [0.2, 0.25) is 0 Å². The van der Waals surface area contributed by atoms with Crippen LogP contribution < -0.4 is 18.9 Å². The van der Waals surface area contributed by atoms with E-state index in [0.717, 1.165) is 0 Å². The highest BCUT2D eigenvalue weighted by Crippen LogP contribution is 2.36. The third-order valence-corrected chi connectivity index (χ3v) is 5.80. The summed E-state index contributed by atoms with van der Waals surface area (Å²) in [7, 11) is 3.00. The van der Waals surface area contributed by atoms with Gasteiger partial charge in [-0.25, -0.2) is 0 Å². The fourth-order valence-electron chi connectivity index (χ4n) is 3.17. The maximum atomic E-state index is 13.0. The van der Waals surface area contributed by atoms with E-state index >= 15 is 0 Å². The van der Waals surface area contributed by atoms with E-state index in [4.69, 9.17) is 24.4 Å². The first-order chi connectivity index (χ1) is 17.2. The average molecular weight is 520 g/mol. The molecule has 2 aliphatic heterocycles. The van der Waals surface area contributed by atoms with Gasteiger partial charge < -0.3 is 18.9 Å². The number of nitrogens with zero attached hydrogens (tertiary/aromatic N) is 3. The number of carbonyl (C=O) groups excluding carboxylic acids is 1. The lowest BCUT2D eigenvalue weighted by Gasteiger charge is -2.20. The van der Waals surface area contributed by atoms with Crippen LogP contribution in [0.15, 0.2) is 58.1 Å². The molecule has 9 nitrogen and oxygen atoms in total. The number of amides is 1. The minimum atomic E-state index is -4.71. The second kappa shape index (κ2) is 10.3. The molecule has 2 aromatic rings. The highest BCUT2D eigenvalue weighted by molar-refractivity contribution is 8.27. The molecule has 0 aromatic heterocycles. The van der Waals surface area contributed by atoms with E-state index in [-0.39, 0.29) is 35.7 Å². The second-order valence-electron chi connectivity index (χ2n) is 7.21. The Labute approximate surface area is 207 Å². The SMILES string of the molecule is COc1cccc(OCCOc2ccc(/C=C3/C(=N)N4N=C(C(F)(F)F)SC4=NC3=O)cc2OC)c1. The Kier molecular flexibility index (Phi) is 7.20. The molecule has 188 valence electrons. The largest absolute Gasteiger partial charge is 0.497 e. The summed E-state index contributed by atoms with van der Waals surface area (Å²) in [5.74, 6) is 0.702. The lowest BCUT2D eigenvalue weighted by atomic mass is 10.1. The van der Waals surface area contributed by atoms with Crippen molar-refractivity contribution in [3.05, 3.63) is 53.6 Å². The topological polar surface area (TPSA) is 106 Å². The molecule has 0 saturated heterocycles. The highest BCUT2D eigenvalue weighted by atomic mass is 32.2. The molecule has 4 rings (SSSR count). The number of hydrazone groups is 1. The van der Waals surface area contributed by atoms with E-state index in [1.807, 2.05) is 0 Å². The Morgan fingerprint density at radius 3 is 2.50 bits per heavy atom. The number of aliphatic imine (C=N–C) groups is 1. The van der Waals surface area contributed by atoms with Crippen LogP contribution >= 0.6 is 11.8 Å². The Hall–Kier alpha value is -4.00. The zero-order valence-electron chi connectivity index (χ0n) is 19.0. The Morgan fingerprint density at radius 2 is 1.78 bits per heavy atom. The summed E-state index contributed by atoms with van der Waals surface area (Å²) in [6.45, 7) is 0.462. The van der Waals surface area contributed by atoms with Crippen LogP contribution in [0.4, 0.5) is 13.2 Å². The van der Waals surface area contributed by atoms with Gasteiger partial charge in [-0.1, -0.05) is 12.1 Å². The summed E-state index contributed by atoms with van der Waals surface area (Å²) in [6.07, 6.45) is -3.38. The van der Waals surface area contributed by atoms with Crippen LogP contribution in [0.5, 0.6) is 23.0 Å². The minimum Gasteiger partial charge on any atom is -0.497 e. The molecule has 1 N–H and O–H groups in total. The summed E-state index contributed by atoms with van der Waals surface area (Å²) >= 11 is 0.194. The van der Waals surface area contributed by atoms with E-state index in [2.05, 4.69) is 10.1 Å². The van der Waals surface area contributed by atoms with Gasteiger partial charge >= 0.3 is 6.18 Å². The molecule has 0 unspecified atom stereocenters. The van der Waals surface area contributed by atoms with Gasteiger partial charge in [0.2, 0.25) is 10.2 Å². The molecule has 2 aliphatic rings. The van der Waals surface area contributed by atoms with Crippen molar-refractivity contribution < 1.29 is 36.9 Å². The van der Waals surface area contributed by atoms with Gasteiger partial charge in [0.15, 0.2) is 17.3 Å². The van der Waals surface area contributed by atoms with Gasteiger partial charge in [-0.2, -0.15) is 28.3 Å². The highest BCUT2D eigenvalue weighted by Gasteiger charge is 2.46. The number of ether oxygens (including phenoxy) is 4. The lowest BCUT2D eigenvalue weighted by Crippen LogP contribution is -2.35. The number of halogens is 3. The number of methoxy groups -OCH3 is 2. The van der Waals surface area contributed by atoms with E-state index in [1.165, 1.54) is 13.2 Å². The van der Waals surface area contributed by atoms with E-state index in [9.17, 15) is 18.0 Å². The molecule has 0 radical (unpaired) electrons. The molecule has 0 aliphatic carbocycles. The molecule has 36 heavy (non-hydrogen) atoms. The van der Waals surface area contributed by atoms with Gasteiger partial charge in [-0.05, 0) is 47.7 Å². The summed E-state index contributed by atoms with van der Waals surface area (Å²) in [5, 5.41) is 10.8. The number of carbonyl (C=O) groups is 1. The predicted molar refractivity (Wildman–Crippen MR) is 128 cm³/mol. The smallest absolute Gasteiger partial charge is 0.441 e. The van der Waals surface area contributed by atoms with E-state index in [0.29, 0.717) is 33.6 Å². The fourth-order valence-corrected chi connectivity index (χ4v) is 3.93. The fraction of sp³-hybridized carbons (Fsp3) is 0.217. The minimum absolute atomic E-state index is 0.194. The van der Waals surface area contributed by atoms with Gasteiger partial charge in [0.1, 0.15) is 24.7 Å². The standard InChI is InChI=1S/C23H19F3N4O5S/c1-32-14-4-3-5-15(12-14)34-8-9-35-17-7-6-13(11-18(17)33-2)10-16-19(27)30-22(28-20(16)31)36-21(29-30)23(24,25)26/h3-7,10-12,27H,8-9H2,1-2H3/b16-10-,27-19?. The summed E-state index contributed by atoms with van der Waals surface area (Å²) in [4.78, 5) is 16.1. The molecule has 13 heteroatoms. The van der Waals surface area contributed by atoms with Crippen LogP contribution in [0.3, 0.4) is 0 Å². The van der Waals surface area contributed by atoms with E-state index in [1.54, 1.807) is 49.6 Å². The third-order valence-electron chi connectivity index (χ3n) is 4.85. The molecule has 0 atom stereocenters. The normalized spacial score (nSPS) is 16.5. The number of nitrogens with one attached hydrogen (secondary N) is 1. The van der Waals surface area contributed by atoms with Crippen LogP contribution in [0.25, 0.3) is 6.08 Å². The van der Waals surface area contributed by atoms with Crippen LogP contribution in [0, 0.1) is 5.41 Å². The first kappa shape index (κ1) is 25.1. The van der Waals surface area contributed by atoms with Crippen molar-refractivity contribution in [2.24, 2.45) is 10.1 Å². The lowest BCUT2D eigenvalue weighted by molar-refractivity contribution is -0.114. The Bertz CT molecular complexity index is 1290. The van der Waals surface area contributed by atoms with Crippen molar-refractivity contribution in [1.82, 2.24) is 5.01 Å². The molecular weight excluding hydrogens is 501 g/mol. The van der Waals surface area contributed by atoms with Crippen LogP contribution in [-0.4, -0.2) is 60.6 Å². The van der Waals surface area contributed by atoms with Gasteiger partial charge in [0, 0.05) is 6.07 Å². The zero-order valence-corrected chi connectivity index (χ0v) is 19.8. The zero-order chi connectivity index (χ0) is 25.9. The quantitative estimate of drug-likeness (QED) is 0.408. The number of thioether (sulfide) groups is 1. The number of alkyl halides is 3. The van der Waals surface area contributed by atoms with Crippen molar-refractivity contribution in [2.75, 3.05) is 27.4 Å². The van der Waals surface area contributed by atoms with Gasteiger partial charge in [-0.3, -0.25) is 10.2 Å². The molecule has 0 spiro atoms. The summed E-state index contributed by atoms with van der Waals surface area (Å²) in [5.41, 5.74) is 0.236. The maximum absolute atomic E-state index is 13.0. The Morgan fingerprint density at radius 1 is 1.03 bits per heavy atom. The first-order valence-corrected chi connectivity index (χ1v) is 11.2. The summed E-state index contributed by atoms with van der Waals surface area (Å²) in [6, 6.07) is 11.9. The number of fused-ring (bicyclic) bond motifs is 1. The van der Waals surface area contributed by atoms with Crippen LogP contribution in [-0.2, 0) is 4.79 Å². The van der Waals surface area contributed by atoms with Crippen molar-refractivity contribution in [3.8, 4) is 23.0 Å². The molecule has 2 heterocycles. The Balaban J connectivity index is 1.44. The first-order valence-electron chi connectivity index (χ1n) is 10.3. The number of benzene rings is 2. The van der Waals surface area contributed by atoms with Gasteiger partial charge in [-0.15, -0.1) is 0 Å². The number of amidine groups is 2. The van der Waals surface area contributed by atoms with E-state index < -0.39 is 23.0 Å². The number of hydrogen-bond donors (Lipinski definition) is 1. The van der Waals surface area contributed by atoms with Crippen LogP contribution in [0.1, 0.15) is 5.56 Å². The van der Waals surface area contributed by atoms with Gasteiger partial charge in [0.05, 0.1) is 19.8 Å². The second-order valence-corrected chi connectivity index (χ2v) is 8.17. The van der Waals surface area contributed by atoms with Crippen molar-refractivity contribution in [3.63, 3.8) is 0 Å². The molecule has 0 bridgehead atoms. The van der Waals surface area contributed by atoms with Crippen molar-refractivity contribution in [1.29, 1.82) is 5.41 Å². The van der Waals surface area contributed by atoms with Gasteiger partial charge in [0.25, 0.3) is 5.91 Å². The molecular formula is C23H19F3N4O5S. The monoisotopic (exact) mass is 520 g/mol. The van der Waals surface area contributed by atoms with Crippen molar-refractivity contribution >= 4 is 39.8 Å². The van der Waals surface area contributed by atoms with Crippen molar-refractivity contribution in [2.45, 2.75) is 6.18 Å². The average Bonchev–Trinajstić information content (AvgIpc) is 3.30. The number of hydrogen-bond acceptors (Lipinski definition) is 8. The molecule has 2 aromatic carbocycles. The third kappa shape index (κ3) is 5.46. The maximum Gasteiger partial charge on any atom is 0.441 e. The predicted octanol–water partition coefficient (Wildman–Crippen LogP) is 4.34.